The van der Waals surface area contributed by atoms with Gasteiger partial charge in [0.1, 0.15) is 0 Å². The third kappa shape index (κ3) is 9.05. The summed E-state index contributed by atoms with van der Waals surface area (Å²) in [6, 6.07) is 3.84. The van der Waals surface area contributed by atoms with Crippen LogP contribution in [0.3, 0.4) is 0 Å². The van der Waals surface area contributed by atoms with Crippen molar-refractivity contribution in [1.82, 2.24) is 10.8 Å². The lowest BCUT2D eigenvalue weighted by atomic mass is 9.45. The minimum absolute atomic E-state index is 0.000696. The number of ketones is 2. The number of benzene rings is 1. The normalized spacial score (nSPS) is 30.8. The van der Waals surface area contributed by atoms with Crippen molar-refractivity contribution in [3.63, 3.8) is 0 Å². The molecule has 4 aliphatic rings. The number of allylic oxidation sites excluding steroid dienone is 4. The third-order valence-corrected chi connectivity index (χ3v) is 13.4. The van der Waals surface area contributed by atoms with Gasteiger partial charge in [0.2, 0.25) is 5.78 Å². The van der Waals surface area contributed by atoms with Crippen LogP contribution in [0, 0.1) is 28.6 Å². The molecule has 0 amide bonds. The van der Waals surface area contributed by atoms with Gasteiger partial charge in [0.15, 0.2) is 29.5 Å². The molecule has 0 aliphatic heterocycles. The van der Waals surface area contributed by atoms with Gasteiger partial charge in [-0.05, 0) is 87.1 Å². The molecular formula is C39H51ClN2O17. The zero-order chi connectivity index (χ0) is 43.3. The van der Waals surface area contributed by atoms with E-state index in [4.69, 9.17) is 56.1 Å². The van der Waals surface area contributed by atoms with E-state index in [9.17, 15) is 29.1 Å². The highest BCUT2D eigenvalue weighted by Crippen LogP contribution is 2.72. The standard InChI is InChI=1S/C39H51ClN2O17/c1-23-18-28-27-11-10-25-20-26(43)13-14-36(25,2)38(27,40)31(44)21-37(28,3)39(23,59-33(46)8-7-17-57-42(51)52)32(45)22-55-35(48)58-29-12-9-24(19-30(29)53-4)34(47)54-15-5-6-16-56-41(49)50/h9,12-14,19-20,23,27-28,31,44,49-52H,5-8,10-11,15-18,21-22H2,1-4H3/t23-,27?,28?,31-,36?,37-,38-,39-/m0/s1. The fourth-order valence-corrected chi connectivity index (χ4v) is 10.3. The largest absolute Gasteiger partial charge is 0.514 e. The highest BCUT2D eigenvalue weighted by Gasteiger charge is 2.76. The number of halogens is 1. The molecule has 0 bridgehead atoms. The third-order valence-electron chi connectivity index (χ3n) is 12.5. The molecule has 59 heavy (non-hydrogen) atoms. The predicted molar refractivity (Wildman–Crippen MR) is 198 cm³/mol. The van der Waals surface area contributed by atoms with Gasteiger partial charge in [-0.25, -0.2) is 9.59 Å². The summed E-state index contributed by atoms with van der Waals surface area (Å²) in [6.45, 7) is 4.21. The van der Waals surface area contributed by atoms with Crippen LogP contribution in [0.5, 0.6) is 11.5 Å². The van der Waals surface area contributed by atoms with Crippen LogP contribution in [0.4, 0.5) is 4.79 Å². The van der Waals surface area contributed by atoms with E-state index in [0.29, 0.717) is 32.1 Å². The smallest absolute Gasteiger partial charge is 0.493 e. The Labute approximate surface area is 344 Å². The minimum atomic E-state index is -1.94. The van der Waals surface area contributed by atoms with Gasteiger partial charge >= 0.3 is 18.1 Å². The SMILES string of the molecule is COc1cc(C(=O)OCCCCON(O)O)ccc1OC(=O)OCC(=O)[C@@]1(OC(=O)CCCON(O)O)[C@@H](C)CC2C3CCC4=CC(=O)C=CC4(C)[C@@]3(Cl)[C@@H](O)C[C@@]21C. The Balaban J connectivity index is 1.33. The molecule has 0 radical (unpaired) electrons. The molecular weight excluding hydrogens is 804 g/mol. The Morgan fingerprint density at radius 1 is 0.932 bits per heavy atom. The van der Waals surface area contributed by atoms with Gasteiger partial charge in [-0.3, -0.25) is 44.9 Å². The lowest BCUT2D eigenvalue weighted by molar-refractivity contribution is -0.492. The van der Waals surface area contributed by atoms with Gasteiger partial charge in [0, 0.05) is 23.2 Å². The number of ether oxygens (including phenoxy) is 5. The lowest BCUT2D eigenvalue weighted by Crippen LogP contribution is -2.69. The summed E-state index contributed by atoms with van der Waals surface area (Å²) in [5.74, 6) is -4.11. The molecule has 3 unspecified atom stereocenters. The number of esters is 2. The van der Waals surface area contributed by atoms with E-state index in [1.807, 2.05) is 6.92 Å². The first-order valence-corrected chi connectivity index (χ1v) is 19.6. The van der Waals surface area contributed by atoms with E-state index in [1.54, 1.807) is 26.0 Å². The van der Waals surface area contributed by atoms with Gasteiger partial charge < -0.3 is 28.8 Å². The molecule has 0 saturated heterocycles. The minimum Gasteiger partial charge on any atom is -0.493 e. The van der Waals surface area contributed by atoms with Crippen LogP contribution in [0.1, 0.15) is 82.5 Å². The van der Waals surface area contributed by atoms with Crippen molar-refractivity contribution in [2.24, 2.45) is 28.6 Å². The Hall–Kier alpha value is -4.02. The topological polar surface area (TPSA) is 258 Å². The van der Waals surface area contributed by atoms with Crippen LogP contribution in [0.25, 0.3) is 0 Å². The number of carbonyl (C=O) groups excluding carboxylic acids is 5. The molecule has 326 valence electrons. The predicted octanol–water partition coefficient (Wildman–Crippen LogP) is 4.69. The molecule has 8 atom stereocenters. The number of nitrogens with zero attached hydrogens (tertiary/aromatic N) is 2. The summed E-state index contributed by atoms with van der Waals surface area (Å²) >= 11 is 7.59. The fourth-order valence-electron chi connectivity index (χ4n) is 9.82. The Morgan fingerprint density at radius 2 is 1.61 bits per heavy atom. The van der Waals surface area contributed by atoms with Crippen LogP contribution < -0.4 is 9.47 Å². The first kappa shape index (κ1) is 46.1. The number of fused-ring (bicyclic) bond motifs is 5. The molecule has 20 heteroatoms. The number of hydrogen-bond donors (Lipinski definition) is 5. The molecule has 3 saturated carbocycles. The molecule has 0 spiro atoms. The van der Waals surface area contributed by atoms with Gasteiger partial charge in [-0.2, -0.15) is 0 Å². The molecule has 0 aromatic heterocycles. The molecule has 5 N–H and O–H groups in total. The van der Waals surface area contributed by atoms with Crippen LogP contribution >= 0.6 is 11.6 Å². The van der Waals surface area contributed by atoms with E-state index in [1.165, 1.54) is 31.4 Å². The summed E-state index contributed by atoms with van der Waals surface area (Å²) in [6.07, 6.45) is 3.86. The maximum atomic E-state index is 14.7. The van der Waals surface area contributed by atoms with Gasteiger partial charge in [-0.1, -0.05) is 32.4 Å². The quantitative estimate of drug-likeness (QED) is 0.0335. The highest BCUT2D eigenvalue weighted by atomic mass is 35.5. The summed E-state index contributed by atoms with van der Waals surface area (Å²) < 4.78 is 27.4. The molecule has 1 aromatic carbocycles. The first-order valence-electron chi connectivity index (χ1n) is 19.2. The number of hydrogen-bond acceptors (Lipinski definition) is 19. The Bertz CT molecular complexity index is 1820. The van der Waals surface area contributed by atoms with Crippen LogP contribution in [-0.4, -0.2) is 116 Å². The van der Waals surface area contributed by atoms with Crippen molar-refractivity contribution in [2.75, 3.05) is 33.5 Å². The van der Waals surface area contributed by atoms with Crippen LogP contribution in [0.2, 0.25) is 0 Å². The van der Waals surface area contributed by atoms with Gasteiger partial charge in [0.05, 0.1) is 54.3 Å². The van der Waals surface area contributed by atoms with E-state index in [0.717, 1.165) is 5.57 Å². The number of aliphatic hydroxyl groups excluding tert-OH is 1. The molecule has 19 nitrogen and oxygen atoms in total. The van der Waals surface area contributed by atoms with Crippen molar-refractivity contribution in [2.45, 2.75) is 88.7 Å². The monoisotopic (exact) mass is 854 g/mol. The number of aliphatic hydroxyl groups is 1. The molecule has 0 heterocycles. The second kappa shape index (κ2) is 18.7. The van der Waals surface area contributed by atoms with E-state index < -0.39 is 80.5 Å². The van der Waals surface area contributed by atoms with E-state index in [-0.39, 0.29) is 67.8 Å². The van der Waals surface area contributed by atoms with E-state index in [2.05, 4.69) is 9.68 Å². The van der Waals surface area contributed by atoms with Crippen LogP contribution in [-0.2, 0) is 38.3 Å². The summed E-state index contributed by atoms with van der Waals surface area (Å²) in [5, 5.41) is 46.1. The number of rotatable bonds is 18. The Kier molecular flexibility index (Phi) is 14.6. The van der Waals surface area contributed by atoms with Gasteiger partial charge in [-0.15, -0.1) is 11.6 Å². The second-order valence-electron chi connectivity index (χ2n) is 15.7. The van der Waals surface area contributed by atoms with E-state index >= 15 is 0 Å². The second-order valence-corrected chi connectivity index (χ2v) is 16.3. The first-order chi connectivity index (χ1) is 27.8. The fraction of sp³-hybridized carbons (Fsp3) is 0.615. The summed E-state index contributed by atoms with van der Waals surface area (Å²) in [7, 11) is 1.27. The van der Waals surface area contributed by atoms with Gasteiger partial charge in [0.25, 0.3) is 0 Å². The van der Waals surface area contributed by atoms with Crippen molar-refractivity contribution in [3.8, 4) is 11.5 Å². The zero-order valence-corrected chi connectivity index (χ0v) is 33.9. The maximum absolute atomic E-state index is 14.7. The highest BCUT2D eigenvalue weighted by molar-refractivity contribution is 6.26. The average molecular weight is 855 g/mol. The number of methoxy groups -OCH3 is 1. The molecule has 4 aliphatic carbocycles. The number of unbranched alkanes of at least 4 members (excludes halogenated alkanes) is 1. The molecule has 3 fully saturated rings. The average Bonchev–Trinajstić information content (AvgIpc) is 3.39. The van der Waals surface area contributed by atoms with Crippen molar-refractivity contribution in [1.29, 1.82) is 0 Å². The Morgan fingerprint density at radius 3 is 2.29 bits per heavy atom. The number of alkyl halides is 1. The number of Topliss-reactive ketones (excluding diaryl/α,β-unsaturated/α-hetero) is 1. The summed E-state index contributed by atoms with van der Waals surface area (Å²) in [5.41, 5.74) is -3.18. The van der Waals surface area contributed by atoms with Crippen molar-refractivity contribution in [3.05, 3.63) is 47.6 Å². The lowest BCUT2D eigenvalue weighted by Gasteiger charge is -2.64. The van der Waals surface area contributed by atoms with Crippen LogP contribution in [0.15, 0.2) is 42.0 Å². The molecule has 1 aromatic rings. The summed E-state index contributed by atoms with van der Waals surface area (Å²) in [4.78, 5) is 74.0. The number of carbonyl (C=O) groups is 5. The molecule has 5 rings (SSSR count). The van der Waals surface area contributed by atoms with Crippen molar-refractivity contribution >= 4 is 41.3 Å². The van der Waals surface area contributed by atoms with Crippen molar-refractivity contribution < 1.29 is 83.3 Å². The zero-order valence-electron chi connectivity index (χ0n) is 33.2. The maximum Gasteiger partial charge on any atom is 0.514 e.